The van der Waals surface area contributed by atoms with E-state index in [0.717, 1.165) is 12.1 Å². The van der Waals surface area contributed by atoms with Gasteiger partial charge in [-0.3, -0.25) is 4.79 Å². The number of aromatic amines is 1. The third-order valence-electron chi connectivity index (χ3n) is 2.96. The fraction of sp³-hybridized carbons (Fsp3) is 0.200. The molecule has 2 rings (SSSR count). The Morgan fingerprint density at radius 1 is 1.32 bits per heavy atom. The van der Waals surface area contributed by atoms with Crippen molar-refractivity contribution in [1.29, 1.82) is 0 Å². The van der Waals surface area contributed by atoms with E-state index >= 15 is 0 Å². The molecule has 0 bridgehead atoms. The summed E-state index contributed by atoms with van der Waals surface area (Å²) >= 11 is 0. The van der Waals surface area contributed by atoms with Crippen molar-refractivity contribution < 1.29 is 23.1 Å². The van der Waals surface area contributed by atoms with Gasteiger partial charge < -0.3 is 15.0 Å². The Kier molecular flexibility index (Phi) is 4.88. The van der Waals surface area contributed by atoms with Gasteiger partial charge in [-0.05, 0) is 25.1 Å². The molecule has 0 aliphatic carbocycles. The van der Waals surface area contributed by atoms with Crippen LogP contribution < -0.4 is 5.32 Å². The van der Waals surface area contributed by atoms with Gasteiger partial charge in [0.05, 0.1) is 6.04 Å². The Morgan fingerprint density at radius 2 is 2.09 bits per heavy atom. The molecule has 1 aromatic carbocycles. The van der Waals surface area contributed by atoms with Crippen molar-refractivity contribution in [3.63, 3.8) is 0 Å². The molecular weight excluding hydrogens is 294 g/mol. The second-order valence-electron chi connectivity index (χ2n) is 4.61. The van der Waals surface area contributed by atoms with Gasteiger partial charge in [-0.1, -0.05) is 6.07 Å². The highest BCUT2D eigenvalue weighted by atomic mass is 19.1. The number of H-pyrrole nitrogens is 1. The molecule has 0 radical (unpaired) electrons. The van der Waals surface area contributed by atoms with Crippen LogP contribution in [0.15, 0.2) is 36.5 Å². The van der Waals surface area contributed by atoms with E-state index in [9.17, 15) is 18.4 Å². The summed E-state index contributed by atoms with van der Waals surface area (Å²) in [7, 11) is 0. The lowest BCUT2D eigenvalue weighted by atomic mass is 10.1. The second kappa shape index (κ2) is 6.84. The predicted molar refractivity (Wildman–Crippen MR) is 74.0 cm³/mol. The number of carbonyl (C=O) groups excluding carboxylic acids is 2. The molecule has 0 saturated carbocycles. The molecule has 2 N–H and O–H groups in total. The van der Waals surface area contributed by atoms with E-state index in [-0.39, 0.29) is 11.3 Å². The maximum atomic E-state index is 13.6. The summed E-state index contributed by atoms with van der Waals surface area (Å²) in [4.78, 5) is 25.9. The fourth-order valence-corrected chi connectivity index (χ4v) is 1.88. The van der Waals surface area contributed by atoms with Gasteiger partial charge in [0.2, 0.25) is 0 Å². The SMILES string of the molecule is C[C@@H](NC(=O)COC(=O)c1ccc[nH]1)c1ccc(F)cc1F. The van der Waals surface area contributed by atoms with Crippen molar-refractivity contribution in [2.24, 2.45) is 0 Å². The molecule has 0 aliphatic rings. The van der Waals surface area contributed by atoms with E-state index in [4.69, 9.17) is 4.74 Å². The highest BCUT2D eigenvalue weighted by molar-refractivity contribution is 5.89. The summed E-state index contributed by atoms with van der Waals surface area (Å²) < 4.78 is 31.2. The first-order chi connectivity index (χ1) is 10.5. The number of rotatable bonds is 5. The number of hydrogen-bond donors (Lipinski definition) is 2. The number of benzene rings is 1. The van der Waals surface area contributed by atoms with E-state index in [1.165, 1.54) is 12.1 Å². The first-order valence-electron chi connectivity index (χ1n) is 6.52. The molecule has 22 heavy (non-hydrogen) atoms. The van der Waals surface area contributed by atoms with Crippen LogP contribution in [0.25, 0.3) is 0 Å². The Labute approximate surface area is 125 Å². The molecule has 0 fully saturated rings. The number of esters is 1. The van der Waals surface area contributed by atoms with E-state index in [0.29, 0.717) is 0 Å². The summed E-state index contributed by atoms with van der Waals surface area (Å²) in [5.41, 5.74) is 0.371. The lowest BCUT2D eigenvalue weighted by Gasteiger charge is -2.15. The van der Waals surface area contributed by atoms with Crippen LogP contribution in [0.5, 0.6) is 0 Å². The summed E-state index contributed by atoms with van der Waals surface area (Å²) in [6, 6.07) is 5.54. The third kappa shape index (κ3) is 3.91. The van der Waals surface area contributed by atoms with Crippen molar-refractivity contribution in [3.05, 3.63) is 59.4 Å². The Bertz CT molecular complexity index is 671. The summed E-state index contributed by atoms with van der Waals surface area (Å²) in [5, 5.41) is 2.47. The molecule has 5 nitrogen and oxygen atoms in total. The maximum absolute atomic E-state index is 13.6. The second-order valence-corrected chi connectivity index (χ2v) is 4.61. The van der Waals surface area contributed by atoms with Gasteiger partial charge in [-0.25, -0.2) is 13.6 Å². The number of amides is 1. The Hall–Kier alpha value is -2.70. The third-order valence-corrected chi connectivity index (χ3v) is 2.96. The summed E-state index contributed by atoms with van der Waals surface area (Å²) in [6.45, 7) is 1.05. The largest absolute Gasteiger partial charge is 0.451 e. The van der Waals surface area contributed by atoms with Gasteiger partial charge in [-0.2, -0.15) is 0 Å². The van der Waals surface area contributed by atoms with Crippen molar-refractivity contribution in [2.75, 3.05) is 6.61 Å². The Morgan fingerprint density at radius 3 is 2.73 bits per heavy atom. The van der Waals surface area contributed by atoms with Gasteiger partial charge in [0.25, 0.3) is 5.91 Å². The van der Waals surface area contributed by atoms with Crippen molar-refractivity contribution >= 4 is 11.9 Å². The Balaban J connectivity index is 1.87. The minimum absolute atomic E-state index is 0.144. The minimum Gasteiger partial charge on any atom is -0.451 e. The number of halogens is 2. The number of aromatic nitrogens is 1. The number of nitrogens with one attached hydrogen (secondary N) is 2. The lowest BCUT2D eigenvalue weighted by molar-refractivity contribution is -0.124. The van der Waals surface area contributed by atoms with Crippen molar-refractivity contribution in [1.82, 2.24) is 10.3 Å². The van der Waals surface area contributed by atoms with Crippen molar-refractivity contribution in [3.8, 4) is 0 Å². The van der Waals surface area contributed by atoms with Gasteiger partial charge in [0.15, 0.2) is 6.61 Å². The molecule has 0 saturated heterocycles. The van der Waals surface area contributed by atoms with Crippen LogP contribution in [0.4, 0.5) is 8.78 Å². The smallest absolute Gasteiger partial charge is 0.355 e. The maximum Gasteiger partial charge on any atom is 0.355 e. The quantitative estimate of drug-likeness (QED) is 0.833. The molecule has 1 atom stereocenters. The molecule has 2 aromatic rings. The first kappa shape index (κ1) is 15.7. The van der Waals surface area contributed by atoms with E-state index in [1.54, 1.807) is 19.2 Å². The normalized spacial score (nSPS) is 11.8. The number of ether oxygens (including phenoxy) is 1. The van der Waals surface area contributed by atoms with Crippen LogP contribution >= 0.6 is 0 Å². The van der Waals surface area contributed by atoms with Crippen LogP contribution in [0.2, 0.25) is 0 Å². The van der Waals surface area contributed by atoms with Crippen LogP contribution in [-0.2, 0) is 9.53 Å². The topological polar surface area (TPSA) is 71.2 Å². The van der Waals surface area contributed by atoms with E-state index in [2.05, 4.69) is 10.3 Å². The molecule has 0 aliphatic heterocycles. The standard InChI is InChI=1S/C15H14F2N2O3/c1-9(11-5-4-10(16)7-12(11)17)19-14(20)8-22-15(21)13-3-2-6-18-13/h2-7,9,18H,8H2,1H3,(H,19,20)/t9-/m1/s1. The molecule has 1 aromatic heterocycles. The first-order valence-corrected chi connectivity index (χ1v) is 6.52. The average Bonchev–Trinajstić information content (AvgIpc) is 2.98. The monoisotopic (exact) mass is 308 g/mol. The summed E-state index contributed by atoms with van der Waals surface area (Å²) in [5.74, 6) is -2.70. The fourth-order valence-electron chi connectivity index (χ4n) is 1.88. The molecule has 7 heteroatoms. The zero-order chi connectivity index (χ0) is 16.1. The van der Waals surface area contributed by atoms with Gasteiger partial charge in [0, 0.05) is 17.8 Å². The van der Waals surface area contributed by atoms with Crippen molar-refractivity contribution in [2.45, 2.75) is 13.0 Å². The summed E-state index contributed by atoms with van der Waals surface area (Å²) in [6.07, 6.45) is 1.55. The average molecular weight is 308 g/mol. The zero-order valence-corrected chi connectivity index (χ0v) is 11.7. The van der Waals surface area contributed by atoms with Crippen LogP contribution in [0.3, 0.4) is 0 Å². The predicted octanol–water partition coefficient (Wildman–Crippen LogP) is 2.33. The van der Waals surface area contributed by atoms with Gasteiger partial charge in [0.1, 0.15) is 17.3 Å². The molecule has 1 heterocycles. The van der Waals surface area contributed by atoms with Crippen LogP contribution in [0, 0.1) is 11.6 Å². The highest BCUT2D eigenvalue weighted by Crippen LogP contribution is 2.17. The van der Waals surface area contributed by atoms with Crippen LogP contribution in [0.1, 0.15) is 29.0 Å². The van der Waals surface area contributed by atoms with Gasteiger partial charge >= 0.3 is 5.97 Å². The highest BCUT2D eigenvalue weighted by Gasteiger charge is 2.16. The number of carbonyl (C=O) groups is 2. The van der Waals surface area contributed by atoms with E-state index < -0.39 is 36.2 Å². The van der Waals surface area contributed by atoms with Crippen LogP contribution in [-0.4, -0.2) is 23.5 Å². The molecule has 1 amide bonds. The molecule has 0 unspecified atom stereocenters. The van der Waals surface area contributed by atoms with Gasteiger partial charge in [-0.15, -0.1) is 0 Å². The molecular formula is C15H14F2N2O3. The molecule has 116 valence electrons. The minimum atomic E-state index is -0.754. The van der Waals surface area contributed by atoms with E-state index in [1.807, 2.05) is 0 Å². The number of hydrogen-bond acceptors (Lipinski definition) is 3. The molecule has 0 spiro atoms. The zero-order valence-electron chi connectivity index (χ0n) is 11.7. The lowest BCUT2D eigenvalue weighted by Crippen LogP contribution is -2.31.